The molecule has 0 aromatic carbocycles. The lowest BCUT2D eigenvalue weighted by atomic mass is 11.0. The third-order valence-corrected chi connectivity index (χ3v) is 8.03. The third-order valence-electron chi connectivity index (χ3n) is 1.53. The maximum Gasteiger partial charge on any atom is 0.262 e. The molecule has 0 amide bonds. The van der Waals surface area contributed by atoms with Gasteiger partial charge in [-0.3, -0.25) is 4.55 Å². The van der Waals surface area contributed by atoms with E-state index >= 15 is 0 Å². The van der Waals surface area contributed by atoms with Gasteiger partial charge in [-0.25, -0.2) is 0 Å². The Morgan fingerprint density at radius 2 is 1.80 bits per heavy atom. The molecule has 0 aliphatic rings. The maximum atomic E-state index is 10.4. The van der Waals surface area contributed by atoms with Crippen molar-refractivity contribution in [2.45, 2.75) is 26.1 Å². The Morgan fingerprint density at radius 3 is 1.90 bits per heavy atom. The van der Waals surface area contributed by atoms with E-state index in [4.69, 9.17) is 4.55 Å². The second-order valence-corrected chi connectivity index (χ2v) is 10.6. The third kappa shape index (κ3) is 4.96. The first-order valence-electron chi connectivity index (χ1n) is 3.22. The van der Waals surface area contributed by atoms with Crippen molar-refractivity contribution in [3.8, 4) is 0 Å². The molecule has 0 saturated heterocycles. The molecule has 0 atom stereocenters. The van der Waals surface area contributed by atoms with E-state index in [0.29, 0.717) is 0 Å². The van der Waals surface area contributed by atoms with Gasteiger partial charge in [-0.2, -0.15) is 8.42 Å². The summed E-state index contributed by atoms with van der Waals surface area (Å²) >= 11 is 0. The van der Waals surface area contributed by atoms with Crippen molar-refractivity contribution < 1.29 is 13.0 Å². The second kappa shape index (κ2) is 3.02. The van der Waals surface area contributed by atoms with Crippen LogP contribution in [0.2, 0.25) is 19.1 Å². The monoisotopic (exact) mass is 182 g/mol. The Kier molecular flexibility index (Phi) is 3.06. The zero-order valence-electron chi connectivity index (χ0n) is 6.59. The van der Waals surface area contributed by atoms with Gasteiger partial charge in [0.25, 0.3) is 10.1 Å². The topological polar surface area (TPSA) is 54.4 Å². The fourth-order valence-corrected chi connectivity index (χ4v) is 5.36. The summed E-state index contributed by atoms with van der Waals surface area (Å²) in [5.41, 5.74) is 0. The molecular formula is C5H14O3SSi. The Morgan fingerprint density at radius 1 is 1.40 bits per heavy atom. The minimum Gasteiger partial charge on any atom is -0.286 e. The van der Waals surface area contributed by atoms with Crippen molar-refractivity contribution >= 4 is 18.2 Å². The van der Waals surface area contributed by atoms with E-state index in [9.17, 15) is 8.42 Å². The molecule has 0 aromatic heterocycles. The predicted octanol–water partition coefficient (Wildman–Crippen LogP) is 1.14. The van der Waals surface area contributed by atoms with Crippen molar-refractivity contribution in [2.75, 3.05) is 5.38 Å². The molecular weight excluding hydrogens is 168 g/mol. The van der Waals surface area contributed by atoms with Gasteiger partial charge in [0, 0.05) is 0 Å². The number of hydrogen-bond donors (Lipinski definition) is 1. The van der Waals surface area contributed by atoms with E-state index in [2.05, 4.69) is 0 Å². The quantitative estimate of drug-likeness (QED) is 0.526. The molecule has 1 N–H and O–H groups in total. The molecule has 0 rings (SSSR count). The van der Waals surface area contributed by atoms with E-state index in [1.165, 1.54) is 0 Å². The smallest absolute Gasteiger partial charge is 0.262 e. The Balaban J connectivity index is 4.16. The van der Waals surface area contributed by atoms with E-state index in [-0.39, 0.29) is 5.38 Å². The van der Waals surface area contributed by atoms with Gasteiger partial charge in [-0.1, -0.05) is 26.1 Å². The molecule has 0 spiro atoms. The maximum absolute atomic E-state index is 10.4. The zero-order valence-corrected chi connectivity index (χ0v) is 8.40. The normalized spacial score (nSPS) is 13.6. The zero-order chi connectivity index (χ0) is 8.41. The molecule has 0 bridgehead atoms. The van der Waals surface area contributed by atoms with E-state index in [1.54, 1.807) is 0 Å². The van der Waals surface area contributed by atoms with Crippen LogP contribution in [0.4, 0.5) is 0 Å². The molecule has 3 nitrogen and oxygen atoms in total. The summed E-state index contributed by atoms with van der Waals surface area (Å²) < 4.78 is 29.3. The van der Waals surface area contributed by atoms with Crippen LogP contribution in [-0.2, 0) is 10.1 Å². The molecule has 0 aliphatic heterocycles. The van der Waals surface area contributed by atoms with Gasteiger partial charge in [-0.15, -0.1) is 0 Å². The first-order valence-corrected chi connectivity index (χ1v) is 8.24. The first-order chi connectivity index (χ1) is 4.27. The van der Waals surface area contributed by atoms with Gasteiger partial charge < -0.3 is 0 Å². The molecule has 0 aliphatic carbocycles. The van der Waals surface area contributed by atoms with Crippen LogP contribution in [0.3, 0.4) is 0 Å². The van der Waals surface area contributed by atoms with Crippen LogP contribution in [0.1, 0.15) is 6.92 Å². The van der Waals surface area contributed by atoms with Crippen molar-refractivity contribution in [3.63, 3.8) is 0 Å². The number of hydrogen-bond acceptors (Lipinski definition) is 2. The van der Waals surface area contributed by atoms with Gasteiger partial charge in [0.15, 0.2) is 0 Å². The molecule has 0 unspecified atom stereocenters. The fraction of sp³-hybridized carbons (Fsp3) is 1.00. The standard InChI is InChI=1S/C5H14O3SSi/c1-4-10(2,3)5-9(6,7)8/h4-5H2,1-3H3,(H,6,7,8). The van der Waals surface area contributed by atoms with Crippen LogP contribution in [0.15, 0.2) is 0 Å². The molecule has 5 heteroatoms. The van der Waals surface area contributed by atoms with Crippen LogP contribution >= 0.6 is 0 Å². The average molecular weight is 182 g/mol. The highest BCUT2D eigenvalue weighted by Gasteiger charge is 2.24. The Labute approximate surface area is 63.2 Å². The lowest BCUT2D eigenvalue weighted by Gasteiger charge is -2.16. The second-order valence-electron chi connectivity index (χ2n) is 3.24. The Hall–Kier alpha value is 0.127. The molecule has 0 fully saturated rings. The van der Waals surface area contributed by atoms with E-state index < -0.39 is 18.2 Å². The number of rotatable bonds is 3. The highest BCUT2D eigenvalue weighted by atomic mass is 32.2. The Bertz CT molecular complexity index is 195. The SMILES string of the molecule is CC[Si](C)(C)CS(=O)(=O)O. The van der Waals surface area contributed by atoms with Crippen LogP contribution in [0, 0.1) is 0 Å². The lowest BCUT2D eigenvalue weighted by molar-refractivity contribution is 0.488. The van der Waals surface area contributed by atoms with Crippen LogP contribution in [-0.4, -0.2) is 26.4 Å². The van der Waals surface area contributed by atoms with Crippen molar-refractivity contribution in [2.24, 2.45) is 0 Å². The summed E-state index contributed by atoms with van der Waals surface area (Å²) in [6.07, 6.45) is 0. The van der Waals surface area contributed by atoms with Crippen LogP contribution in [0.5, 0.6) is 0 Å². The summed E-state index contributed by atoms with van der Waals surface area (Å²) in [5.74, 6) is 0. The molecule has 0 aromatic rings. The first kappa shape index (κ1) is 10.1. The summed E-state index contributed by atoms with van der Waals surface area (Å²) in [6, 6.07) is 0.882. The lowest BCUT2D eigenvalue weighted by Crippen LogP contribution is -2.34. The van der Waals surface area contributed by atoms with Gasteiger partial charge in [0.05, 0.1) is 13.5 Å². The minimum absolute atomic E-state index is 0.0174. The highest BCUT2D eigenvalue weighted by molar-refractivity contribution is 7.87. The van der Waals surface area contributed by atoms with Crippen LogP contribution in [0.25, 0.3) is 0 Å². The average Bonchev–Trinajstić information content (AvgIpc) is 1.60. The predicted molar refractivity (Wildman–Crippen MR) is 44.4 cm³/mol. The summed E-state index contributed by atoms with van der Waals surface area (Å²) in [4.78, 5) is 0. The fourth-order valence-electron chi connectivity index (χ4n) is 0.596. The van der Waals surface area contributed by atoms with Gasteiger partial charge in [0.1, 0.15) is 0 Å². The highest BCUT2D eigenvalue weighted by Crippen LogP contribution is 2.09. The van der Waals surface area contributed by atoms with E-state index in [0.717, 1.165) is 6.04 Å². The molecule has 10 heavy (non-hydrogen) atoms. The van der Waals surface area contributed by atoms with Crippen molar-refractivity contribution in [1.29, 1.82) is 0 Å². The molecule has 0 saturated carbocycles. The summed E-state index contributed by atoms with van der Waals surface area (Å²) in [6.45, 7) is 5.85. The molecule has 62 valence electrons. The van der Waals surface area contributed by atoms with Crippen molar-refractivity contribution in [1.82, 2.24) is 0 Å². The van der Waals surface area contributed by atoms with E-state index in [1.807, 2.05) is 20.0 Å². The molecule has 0 heterocycles. The van der Waals surface area contributed by atoms with Gasteiger partial charge in [-0.05, 0) is 0 Å². The van der Waals surface area contributed by atoms with Crippen molar-refractivity contribution in [3.05, 3.63) is 0 Å². The summed E-state index contributed by atoms with van der Waals surface area (Å²) in [5, 5.41) is -0.0174. The molecule has 0 radical (unpaired) electrons. The summed E-state index contributed by atoms with van der Waals surface area (Å²) in [7, 11) is -5.38. The van der Waals surface area contributed by atoms with Gasteiger partial charge in [0.2, 0.25) is 0 Å². The largest absolute Gasteiger partial charge is 0.286 e. The van der Waals surface area contributed by atoms with Gasteiger partial charge >= 0.3 is 0 Å². The van der Waals surface area contributed by atoms with Crippen LogP contribution < -0.4 is 0 Å². The minimum atomic E-state index is -3.73.